The molecular weight excluding hydrogens is 294 g/mol. The molecule has 0 spiro atoms. The highest BCUT2D eigenvalue weighted by Gasteiger charge is 2.31. The Balaban J connectivity index is 2.75. The minimum atomic E-state index is -1.16. The lowest BCUT2D eigenvalue weighted by atomic mass is 9.89. The van der Waals surface area contributed by atoms with Crippen molar-refractivity contribution in [2.75, 3.05) is 7.11 Å². The minimum Gasteiger partial charge on any atom is -0.481 e. The molecule has 0 bridgehead atoms. The zero-order chi connectivity index (χ0) is 16.0. The van der Waals surface area contributed by atoms with Gasteiger partial charge in [0.1, 0.15) is 0 Å². The van der Waals surface area contributed by atoms with E-state index < -0.39 is 29.3 Å². The molecule has 0 aliphatic carbocycles. The first kappa shape index (κ1) is 17.2. The normalized spacial score (nSPS) is 12.5. The van der Waals surface area contributed by atoms with Crippen LogP contribution in [0.25, 0.3) is 0 Å². The van der Waals surface area contributed by atoms with Crippen LogP contribution in [0.2, 0.25) is 0 Å². The number of carboxylic acid groups (broad SMARTS) is 1. The van der Waals surface area contributed by atoms with Crippen LogP contribution < -0.4 is 5.32 Å². The number of hydrogen-bond acceptors (Lipinski definition) is 5. The summed E-state index contributed by atoms with van der Waals surface area (Å²) in [4.78, 5) is 35.3. The first-order valence-electron chi connectivity index (χ1n) is 6.39. The van der Waals surface area contributed by atoms with E-state index in [1.807, 2.05) is 11.4 Å². The van der Waals surface area contributed by atoms with Crippen molar-refractivity contribution in [1.82, 2.24) is 5.32 Å². The van der Waals surface area contributed by atoms with Crippen molar-refractivity contribution in [3.05, 3.63) is 22.4 Å². The molecule has 0 aromatic carbocycles. The summed E-state index contributed by atoms with van der Waals surface area (Å²) in [6.45, 7) is 2.96. The van der Waals surface area contributed by atoms with Crippen LogP contribution in [0.15, 0.2) is 17.5 Å². The summed E-state index contributed by atoms with van der Waals surface area (Å²) in [5.41, 5.74) is -1.16. The zero-order valence-electron chi connectivity index (χ0n) is 12.2. The Morgan fingerprint density at radius 3 is 2.57 bits per heavy atom. The Hall–Kier alpha value is -1.89. The van der Waals surface area contributed by atoms with Crippen molar-refractivity contribution >= 4 is 29.2 Å². The monoisotopic (exact) mass is 313 g/mol. The second kappa shape index (κ2) is 7.21. The molecule has 0 aliphatic heterocycles. The third-order valence-electron chi connectivity index (χ3n) is 3.00. The average molecular weight is 313 g/mol. The second-order valence-electron chi connectivity index (χ2n) is 5.28. The number of rotatable bonds is 7. The van der Waals surface area contributed by atoms with Gasteiger partial charge in [-0.25, -0.2) is 0 Å². The Morgan fingerprint density at radius 2 is 2.10 bits per heavy atom. The lowest BCUT2D eigenvalue weighted by molar-refractivity contribution is -0.150. The highest BCUT2D eigenvalue weighted by atomic mass is 32.1. The summed E-state index contributed by atoms with van der Waals surface area (Å²) in [6.07, 6.45) is -0.151. The maximum atomic E-state index is 12.0. The number of ether oxygens (including phenoxy) is 1. The molecule has 0 aliphatic rings. The number of methoxy groups -OCH3 is 1. The van der Waals surface area contributed by atoms with Crippen molar-refractivity contribution < 1.29 is 24.2 Å². The third-order valence-corrected chi connectivity index (χ3v) is 3.99. The van der Waals surface area contributed by atoms with Gasteiger partial charge in [0.15, 0.2) is 0 Å². The predicted molar refractivity (Wildman–Crippen MR) is 77.9 cm³/mol. The van der Waals surface area contributed by atoms with E-state index in [1.165, 1.54) is 32.3 Å². The zero-order valence-corrected chi connectivity index (χ0v) is 13.0. The van der Waals surface area contributed by atoms with Gasteiger partial charge >= 0.3 is 11.9 Å². The molecule has 1 aromatic rings. The first-order chi connectivity index (χ1) is 9.76. The van der Waals surface area contributed by atoms with Gasteiger partial charge in [0.25, 0.3) is 0 Å². The number of esters is 1. The highest BCUT2D eigenvalue weighted by Crippen LogP contribution is 2.25. The molecule has 1 heterocycles. The Morgan fingerprint density at radius 1 is 1.43 bits per heavy atom. The van der Waals surface area contributed by atoms with Gasteiger partial charge in [-0.05, 0) is 25.3 Å². The fourth-order valence-electron chi connectivity index (χ4n) is 1.68. The molecule has 1 aromatic heterocycles. The summed E-state index contributed by atoms with van der Waals surface area (Å²) < 4.78 is 4.62. The van der Waals surface area contributed by atoms with Crippen LogP contribution in [0, 0.1) is 5.41 Å². The fraction of sp³-hybridized carbons (Fsp3) is 0.500. The summed E-state index contributed by atoms with van der Waals surface area (Å²) in [6, 6.07) is 3.12. The van der Waals surface area contributed by atoms with Crippen LogP contribution in [0.3, 0.4) is 0 Å². The van der Waals surface area contributed by atoms with Crippen molar-refractivity contribution in [2.45, 2.75) is 32.7 Å². The quantitative estimate of drug-likeness (QED) is 0.751. The number of amides is 1. The Bertz CT molecular complexity index is 509. The van der Waals surface area contributed by atoms with Crippen molar-refractivity contribution in [2.24, 2.45) is 5.41 Å². The first-order valence-corrected chi connectivity index (χ1v) is 7.27. The Kier molecular flexibility index (Phi) is 5.90. The molecule has 116 valence electrons. The van der Waals surface area contributed by atoms with Gasteiger partial charge in [0.2, 0.25) is 5.91 Å². The number of aliphatic carboxylic acids is 1. The van der Waals surface area contributed by atoms with Crippen LogP contribution >= 0.6 is 11.3 Å². The fourth-order valence-corrected chi connectivity index (χ4v) is 2.46. The molecular formula is C14H19NO5S. The van der Waals surface area contributed by atoms with Gasteiger partial charge in [-0.15, -0.1) is 11.3 Å². The van der Waals surface area contributed by atoms with Crippen LogP contribution in [0.1, 0.15) is 37.6 Å². The summed E-state index contributed by atoms with van der Waals surface area (Å²) >= 11 is 1.41. The molecule has 1 unspecified atom stereocenters. The lowest BCUT2D eigenvalue weighted by Crippen LogP contribution is -2.36. The van der Waals surface area contributed by atoms with Crippen molar-refractivity contribution in [3.63, 3.8) is 0 Å². The minimum absolute atomic E-state index is 0.0102. The number of thiophene rings is 1. The summed E-state index contributed by atoms with van der Waals surface area (Å²) in [5, 5.41) is 13.6. The third kappa shape index (κ3) is 5.18. The predicted octanol–water partition coefficient (Wildman–Crippen LogP) is 1.97. The molecule has 1 amide bonds. The molecule has 21 heavy (non-hydrogen) atoms. The van der Waals surface area contributed by atoms with Crippen molar-refractivity contribution in [3.8, 4) is 0 Å². The molecule has 0 saturated heterocycles. The lowest BCUT2D eigenvalue weighted by Gasteiger charge is -2.21. The van der Waals surface area contributed by atoms with E-state index in [0.29, 0.717) is 0 Å². The largest absolute Gasteiger partial charge is 0.481 e. The van der Waals surface area contributed by atoms with Gasteiger partial charge in [-0.2, -0.15) is 0 Å². The van der Waals surface area contributed by atoms with Crippen LogP contribution in [0.4, 0.5) is 0 Å². The molecule has 0 saturated carbocycles. The van der Waals surface area contributed by atoms with E-state index in [2.05, 4.69) is 10.1 Å². The van der Waals surface area contributed by atoms with E-state index in [-0.39, 0.29) is 12.8 Å². The standard InChI is InChI=1S/C14H19NO5S/c1-14(2,13(18)19)8-11(16)15-9(7-12(17)20-3)10-5-4-6-21-10/h4-6,9H,7-8H2,1-3H3,(H,15,16)(H,18,19). The highest BCUT2D eigenvalue weighted by molar-refractivity contribution is 7.10. The molecule has 2 N–H and O–H groups in total. The summed E-state index contributed by atoms with van der Waals surface area (Å²) in [7, 11) is 1.28. The average Bonchev–Trinajstić information content (AvgIpc) is 2.90. The second-order valence-corrected chi connectivity index (χ2v) is 6.26. The van der Waals surface area contributed by atoms with E-state index in [0.717, 1.165) is 4.88 Å². The number of carbonyl (C=O) groups excluding carboxylic acids is 2. The number of hydrogen-bond donors (Lipinski definition) is 2. The van der Waals surface area contributed by atoms with Gasteiger partial charge < -0.3 is 15.2 Å². The van der Waals surface area contributed by atoms with Gasteiger partial charge in [0, 0.05) is 11.3 Å². The number of nitrogens with one attached hydrogen (secondary N) is 1. The van der Waals surface area contributed by atoms with Crippen LogP contribution in [0.5, 0.6) is 0 Å². The van der Waals surface area contributed by atoms with Gasteiger partial charge in [0.05, 0.1) is 25.0 Å². The molecule has 1 atom stereocenters. The molecule has 0 fully saturated rings. The number of carboxylic acids is 1. The van der Waals surface area contributed by atoms with Gasteiger partial charge in [-0.3, -0.25) is 14.4 Å². The Labute approximate surface area is 127 Å². The maximum absolute atomic E-state index is 12.0. The SMILES string of the molecule is COC(=O)CC(NC(=O)CC(C)(C)C(=O)O)c1cccs1. The van der Waals surface area contributed by atoms with E-state index in [1.54, 1.807) is 6.07 Å². The van der Waals surface area contributed by atoms with E-state index in [9.17, 15) is 14.4 Å². The number of carbonyl (C=O) groups is 3. The molecule has 0 radical (unpaired) electrons. The molecule has 1 rings (SSSR count). The van der Waals surface area contributed by atoms with Crippen LogP contribution in [-0.2, 0) is 19.1 Å². The van der Waals surface area contributed by atoms with E-state index >= 15 is 0 Å². The molecule has 7 heteroatoms. The van der Waals surface area contributed by atoms with E-state index in [4.69, 9.17) is 5.11 Å². The maximum Gasteiger partial charge on any atom is 0.309 e. The van der Waals surface area contributed by atoms with Gasteiger partial charge in [-0.1, -0.05) is 6.07 Å². The molecule has 6 nitrogen and oxygen atoms in total. The summed E-state index contributed by atoms with van der Waals surface area (Å²) in [5.74, 6) is -1.89. The van der Waals surface area contributed by atoms with Crippen LogP contribution in [-0.4, -0.2) is 30.1 Å². The smallest absolute Gasteiger partial charge is 0.309 e. The van der Waals surface area contributed by atoms with Crippen molar-refractivity contribution in [1.29, 1.82) is 0 Å². The topological polar surface area (TPSA) is 92.7 Å².